The van der Waals surface area contributed by atoms with Gasteiger partial charge in [-0.1, -0.05) is 0 Å². The van der Waals surface area contributed by atoms with Crippen molar-refractivity contribution in [2.75, 3.05) is 0 Å². The zero-order valence-corrected chi connectivity index (χ0v) is 8.89. The van der Waals surface area contributed by atoms with Gasteiger partial charge in [0.25, 0.3) is 0 Å². The first kappa shape index (κ1) is 9.54. The SMILES string of the molecule is O=Cc1c(O)c(Br)cc(Br)c1O. The molecular weight excluding hydrogens is 292 g/mol. The Morgan fingerprint density at radius 1 is 1.17 bits per heavy atom. The second-order valence-corrected chi connectivity index (χ2v) is 3.78. The third-order valence-corrected chi connectivity index (χ3v) is 2.54. The van der Waals surface area contributed by atoms with Gasteiger partial charge in [-0.2, -0.15) is 0 Å². The van der Waals surface area contributed by atoms with Crippen LogP contribution in [0, 0.1) is 0 Å². The fraction of sp³-hybridized carbons (Fsp3) is 0. The summed E-state index contributed by atoms with van der Waals surface area (Å²) in [5, 5.41) is 18.5. The quantitative estimate of drug-likeness (QED) is 0.783. The molecule has 12 heavy (non-hydrogen) atoms. The Labute approximate surface area is 85.3 Å². The van der Waals surface area contributed by atoms with Gasteiger partial charge in [0.2, 0.25) is 0 Å². The maximum Gasteiger partial charge on any atom is 0.157 e. The molecule has 5 heteroatoms. The van der Waals surface area contributed by atoms with E-state index in [0.29, 0.717) is 15.2 Å². The number of phenols is 2. The first-order valence-electron chi connectivity index (χ1n) is 2.93. The highest BCUT2D eigenvalue weighted by molar-refractivity contribution is 9.11. The molecule has 0 unspecified atom stereocenters. The summed E-state index contributed by atoms with van der Waals surface area (Å²) in [5.41, 5.74) is -0.128. The van der Waals surface area contributed by atoms with E-state index < -0.39 is 0 Å². The highest BCUT2D eigenvalue weighted by Gasteiger charge is 2.13. The van der Waals surface area contributed by atoms with E-state index in [1.54, 1.807) is 0 Å². The van der Waals surface area contributed by atoms with Gasteiger partial charge in [-0.15, -0.1) is 0 Å². The van der Waals surface area contributed by atoms with Gasteiger partial charge in [0.05, 0.1) is 8.95 Å². The molecule has 1 aromatic rings. The lowest BCUT2D eigenvalue weighted by Gasteiger charge is -2.04. The molecule has 0 atom stereocenters. The average molecular weight is 296 g/mol. The number of aldehydes is 1. The molecule has 64 valence electrons. The van der Waals surface area contributed by atoms with E-state index in [0.717, 1.165) is 0 Å². The van der Waals surface area contributed by atoms with Gasteiger partial charge >= 0.3 is 0 Å². The molecule has 0 spiro atoms. The van der Waals surface area contributed by atoms with Gasteiger partial charge in [0.15, 0.2) is 6.29 Å². The van der Waals surface area contributed by atoms with Crippen LogP contribution in [-0.2, 0) is 0 Å². The Morgan fingerprint density at radius 3 is 1.92 bits per heavy atom. The molecule has 0 saturated heterocycles. The molecule has 0 aromatic heterocycles. The van der Waals surface area contributed by atoms with Crippen LogP contribution in [-0.4, -0.2) is 16.5 Å². The number of carbonyl (C=O) groups excluding carboxylic acids is 1. The lowest BCUT2D eigenvalue weighted by molar-refractivity contribution is 0.111. The molecule has 0 amide bonds. The fourth-order valence-electron chi connectivity index (χ4n) is 0.729. The van der Waals surface area contributed by atoms with E-state index in [-0.39, 0.29) is 17.1 Å². The molecule has 0 bridgehead atoms. The van der Waals surface area contributed by atoms with Gasteiger partial charge in [-0.05, 0) is 37.9 Å². The molecule has 0 heterocycles. The maximum atomic E-state index is 10.4. The van der Waals surface area contributed by atoms with E-state index >= 15 is 0 Å². The number of phenolic OH excluding ortho intramolecular Hbond substituents is 2. The first-order valence-corrected chi connectivity index (χ1v) is 4.51. The van der Waals surface area contributed by atoms with Crippen molar-refractivity contribution in [1.29, 1.82) is 0 Å². The summed E-state index contributed by atoms with van der Waals surface area (Å²) in [7, 11) is 0. The second kappa shape index (κ2) is 3.45. The molecule has 0 aliphatic rings. The summed E-state index contributed by atoms with van der Waals surface area (Å²) in [4.78, 5) is 10.4. The standard InChI is InChI=1S/C7H4Br2O3/c8-4-1-5(9)7(12)3(2-10)6(4)11/h1-2,11-12H. The van der Waals surface area contributed by atoms with Gasteiger partial charge in [-0.3, -0.25) is 4.79 Å². The van der Waals surface area contributed by atoms with Crippen molar-refractivity contribution in [2.24, 2.45) is 0 Å². The van der Waals surface area contributed by atoms with Crippen LogP contribution in [0.15, 0.2) is 15.0 Å². The maximum absolute atomic E-state index is 10.4. The Balaban J connectivity index is 3.52. The monoisotopic (exact) mass is 294 g/mol. The third kappa shape index (κ3) is 1.47. The summed E-state index contributed by atoms with van der Waals surface area (Å²) in [6.45, 7) is 0. The molecule has 0 saturated carbocycles. The summed E-state index contributed by atoms with van der Waals surface area (Å²) in [6, 6.07) is 1.46. The van der Waals surface area contributed by atoms with E-state index in [1.807, 2.05) is 0 Å². The predicted molar refractivity (Wildman–Crippen MR) is 50.6 cm³/mol. The van der Waals surface area contributed by atoms with Gasteiger partial charge < -0.3 is 10.2 Å². The van der Waals surface area contributed by atoms with Crippen LogP contribution < -0.4 is 0 Å². The van der Waals surface area contributed by atoms with Gasteiger partial charge in [0.1, 0.15) is 17.1 Å². The van der Waals surface area contributed by atoms with Crippen molar-refractivity contribution >= 4 is 38.1 Å². The number of benzene rings is 1. The largest absolute Gasteiger partial charge is 0.506 e. The normalized spacial score (nSPS) is 9.83. The molecule has 2 N–H and O–H groups in total. The van der Waals surface area contributed by atoms with Crippen molar-refractivity contribution in [1.82, 2.24) is 0 Å². The topological polar surface area (TPSA) is 57.5 Å². The first-order chi connectivity index (χ1) is 5.57. The Bertz CT molecular complexity index is 310. The van der Waals surface area contributed by atoms with Gasteiger partial charge in [-0.25, -0.2) is 0 Å². The van der Waals surface area contributed by atoms with Crippen molar-refractivity contribution < 1.29 is 15.0 Å². The fourth-order valence-corrected chi connectivity index (χ4v) is 1.92. The second-order valence-electron chi connectivity index (χ2n) is 2.07. The van der Waals surface area contributed by atoms with E-state index in [2.05, 4.69) is 31.9 Å². The van der Waals surface area contributed by atoms with Crippen LogP contribution in [0.25, 0.3) is 0 Å². The number of rotatable bonds is 1. The van der Waals surface area contributed by atoms with Crippen LogP contribution in [0.1, 0.15) is 10.4 Å². The lowest BCUT2D eigenvalue weighted by atomic mass is 10.2. The van der Waals surface area contributed by atoms with Crippen LogP contribution >= 0.6 is 31.9 Å². The molecule has 0 aliphatic heterocycles. The Morgan fingerprint density at radius 2 is 1.58 bits per heavy atom. The predicted octanol–water partition coefficient (Wildman–Crippen LogP) is 2.44. The molecular formula is C7H4Br2O3. The number of hydrogen-bond acceptors (Lipinski definition) is 3. The van der Waals surface area contributed by atoms with Crippen molar-refractivity contribution in [3.63, 3.8) is 0 Å². The molecule has 0 aliphatic carbocycles. The molecule has 0 radical (unpaired) electrons. The Hall–Kier alpha value is -0.550. The minimum Gasteiger partial charge on any atom is -0.506 e. The van der Waals surface area contributed by atoms with E-state index in [9.17, 15) is 15.0 Å². The van der Waals surface area contributed by atoms with E-state index in [4.69, 9.17) is 0 Å². The van der Waals surface area contributed by atoms with Crippen LogP contribution in [0.2, 0.25) is 0 Å². The molecule has 1 rings (SSSR count). The van der Waals surface area contributed by atoms with Crippen LogP contribution in [0.5, 0.6) is 11.5 Å². The minimum atomic E-state index is -0.259. The molecule has 0 fully saturated rings. The van der Waals surface area contributed by atoms with Gasteiger partial charge in [0, 0.05) is 0 Å². The third-order valence-electron chi connectivity index (χ3n) is 1.33. The average Bonchev–Trinajstić information content (AvgIpc) is 2.02. The zero-order valence-electron chi connectivity index (χ0n) is 5.71. The summed E-state index contributed by atoms with van der Waals surface area (Å²) >= 11 is 6.04. The smallest absolute Gasteiger partial charge is 0.157 e. The summed E-state index contributed by atoms with van der Waals surface area (Å²) < 4.78 is 0.712. The van der Waals surface area contributed by atoms with Crippen LogP contribution in [0.4, 0.5) is 0 Å². The highest BCUT2D eigenvalue weighted by atomic mass is 79.9. The van der Waals surface area contributed by atoms with Crippen LogP contribution in [0.3, 0.4) is 0 Å². The lowest BCUT2D eigenvalue weighted by Crippen LogP contribution is -1.85. The molecule has 1 aromatic carbocycles. The molecule has 3 nitrogen and oxygen atoms in total. The van der Waals surface area contributed by atoms with E-state index in [1.165, 1.54) is 6.07 Å². The number of halogens is 2. The minimum absolute atomic E-state index is 0.128. The number of hydrogen-bond donors (Lipinski definition) is 2. The number of aromatic hydroxyl groups is 2. The van der Waals surface area contributed by atoms with Crippen molar-refractivity contribution in [3.8, 4) is 11.5 Å². The summed E-state index contributed by atoms with van der Waals surface area (Å²) in [5.74, 6) is -0.517. The summed E-state index contributed by atoms with van der Waals surface area (Å²) in [6.07, 6.45) is 0.389. The Kier molecular flexibility index (Phi) is 2.74. The highest BCUT2D eigenvalue weighted by Crippen LogP contribution is 2.38. The van der Waals surface area contributed by atoms with Crippen molar-refractivity contribution in [3.05, 3.63) is 20.6 Å². The zero-order chi connectivity index (χ0) is 9.30. The number of carbonyl (C=O) groups is 1. The van der Waals surface area contributed by atoms with Crippen molar-refractivity contribution in [2.45, 2.75) is 0 Å².